The van der Waals surface area contributed by atoms with Crippen molar-refractivity contribution >= 4 is 27.7 Å². The first-order valence-corrected chi connectivity index (χ1v) is 8.28. The summed E-state index contributed by atoms with van der Waals surface area (Å²) in [5.74, 6) is 3.79. The Balaban J connectivity index is 2.67. The summed E-state index contributed by atoms with van der Waals surface area (Å²) in [6, 6.07) is 4.45. The molecule has 0 radical (unpaired) electrons. The molecule has 3 nitrogen and oxygen atoms in total. The molecule has 1 N–H and O–H groups in total. The van der Waals surface area contributed by atoms with Crippen LogP contribution in [0, 0.1) is 0 Å². The van der Waals surface area contributed by atoms with Crippen molar-refractivity contribution in [2.75, 3.05) is 25.7 Å². The fourth-order valence-corrected chi connectivity index (χ4v) is 2.84. The van der Waals surface area contributed by atoms with Gasteiger partial charge in [-0.05, 0) is 30.4 Å². The van der Waals surface area contributed by atoms with Crippen LogP contribution in [0.1, 0.15) is 19.4 Å². The highest BCUT2D eigenvalue weighted by Gasteiger charge is 2.10. The van der Waals surface area contributed by atoms with Gasteiger partial charge in [0.1, 0.15) is 0 Å². The SMILES string of the molecule is CCSCC(C)NCc1cc(OC)c(OC)cc1Br. The highest BCUT2D eigenvalue weighted by molar-refractivity contribution is 9.10. The third-order valence-corrected chi connectivity index (χ3v) is 4.65. The smallest absolute Gasteiger partial charge is 0.161 e. The van der Waals surface area contributed by atoms with E-state index in [4.69, 9.17) is 9.47 Å². The van der Waals surface area contributed by atoms with Crippen LogP contribution in [0.3, 0.4) is 0 Å². The predicted molar refractivity (Wildman–Crippen MR) is 86.5 cm³/mol. The lowest BCUT2D eigenvalue weighted by Crippen LogP contribution is -2.27. The fourth-order valence-electron chi connectivity index (χ4n) is 1.67. The molecular weight excluding hydrogens is 326 g/mol. The number of nitrogens with one attached hydrogen (secondary N) is 1. The van der Waals surface area contributed by atoms with Gasteiger partial charge in [-0.2, -0.15) is 11.8 Å². The van der Waals surface area contributed by atoms with Crippen molar-refractivity contribution in [2.45, 2.75) is 26.4 Å². The molecule has 0 bridgehead atoms. The number of halogens is 1. The summed E-state index contributed by atoms with van der Waals surface area (Å²) < 4.78 is 11.6. The first-order chi connectivity index (χ1) is 9.12. The number of methoxy groups -OCH3 is 2. The maximum Gasteiger partial charge on any atom is 0.161 e. The Morgan fingerprint density at radius 2 is 1.89 bits per heavy atom. The van der Waals surface area contributed by atoms with Crippen molar-refractivity contribution in [3.8, 4) is 11.5 Å². The van der Waals surface area contributed by atoms with E-state index >= 15 is 0 Å². The van der Waals surface area contributed by atoms with E-state index in [1.54, 1.807) is 14.2 Å². The van der Waals surface area contributed by atoms with Crippen LogP contribution >= 0.6 is 27.7 Å². The lowest BCUT2D eigenvalue weighted by Gasteiger charge is -2.16. The van der Waals surface area contributed by atoms with Crippen LogP contribution in [-0.4, -0.2) is 31.8 Å². The molecule has 0 aromatic heterocycles. The number of benzene rings is 1. The normalized spacial score (nSPS) is 12.3. The molecule has 1 aromatic carbocycles. The van der Waals surface area contributed by atoms with Crippen molar-refractivity contribution in [3.05, 3.63) is 22.2 Å². The van der Waals surface area contributed by atoms with Crippen molar-refractivity contribution < 1.29 is 9.47 Å². The maximum atomic E-state index is 5.33. The van der Waals surface area contributed by atoms with Gasteiger partial charge in [-0.25, -0.2) is 0 Å². The summed E-state index contributed by atoms with van der Waals surface area (Å²) in [5.41, 5.74) is 1.17. The molecule has 5 heteroatoms. The summed E-state index contributed by atoms with van der Waals surface area (Å²) in [7, 11) is 3.30. The highest BCUT2D eigenvalue weighted by atomic mass is 79.9. The van der Waals surface area contributed by atoms with Gasteiger partial charge in [-0.3, -0.25) is 0 Å². The quantitative estimate of drug-likeness (QED) is 0.776. The second-order valence-electron chi connectivity index (χ2n) is 4.24. The van der Waals surface area contributed by atoms with Crippen LogP contribution in [0.25, 0.3) is 0 Å². The van der Waals surface area contributed by atoms with Gasteiger partial charge in [0, 0.05) is 22.8 Å². The molecule has 0 amide bonds. The van der Waals surface area contributed by atoms with Gasteiger partial charge in [-0.1, -0.05) is 22.9 Å². The van der Waals surface area contributed by atoms with Crippen molar-refractivity contribution in [2.24, 2.45) is 0 Å². The molecular formula is C14H22BrNO2S. The molecule has 0 heterocycles. The number of rotatable bonds is 8. The highest BCUT2D eigenvalue weighted by Crippen LogP contribution is 2.33. The van der Waals surface area contributed by atoms with Crippen LogP contribution in [0.4, 0.5) is 0 Å². The molecule has 0 aliphatic carbocycles. The van der Waals surface area contributed by atoms with E-state index in [0.717, 1.165) is 34.0 Å². The fraction of sp³-hybridized carbons (Fsp3) is 0.571. The van der Waals surface area contributed by atoms with Crippen LogP contribution in [-0.2, 0) is 6.54 Å². The van der Waals surface area contributed by atoms with E-state index in [1.165, 1.54) is 5.56 Å². The van der Waals surface area contributed by atoms with E-state index < -0.39 is 0 Å². The standard InChI is InChI=1S/C14H22BrNO2S/c1-5-19-9-10(2)16-8-11-6-13(17-3)14(18-4)7-12(11)15/h6-7,10,16H,5,8-9H2,1-4H3. The Bertz CT molecular complexity index is 401. The summed E-state index contributed by atoms with van der Waals surface area (Å²) in [5, 5.41) is 3.52. The summed E-state index contributed by atoms with van der Waals surface area (Å²) >= 11 is 5.52. The van der Waals surface area contributed by atoms with Crippen LogP contribution < -0.4 is 14.8 Å². The molecule has 1 atom stereocenters. The summed E-state index contributed by atoms with van der Waals surface area (Å²) in [6.07, 6.45) is 0. The third-order valence-electron chi connectivity index (χ3n) is 2.77. The molecule has 108 valence electrons. The van der Waals surface area contributed by atoms with Crippen molar-refractivity contribution in [3.63, 3.8) is 0 Å². The number of hydrogen-bond acceptors (Lipinski definition) is 4. The molecule has 1 aromatic rings. The van der Waals surface area contributed by atoms with E-state index in [0.29, 0.717) is 6.04 Å². The van der Waals surface area contributed by atoms with Gasteiger partial charge in [0.2, 0.25) is 0 Å². The minimum atomic E-state index is 0.491. The minimum Gasteiger partial charge on any atom is -0.493 e. The van der Waals surface area contributed by atoms with Crippen LogP contribution in [0.15, 0.2) is 16.6 Å². The Kier molecular flexibility index (Phi) is 7.64. The minimum absolute atomic E-state index is 0.491. The summed E-state index contributed by atoms with van der Waals surface area (Å²) in [6.45, 7) is 5.20. The van der Waals surface area contributed by atoms with E-state index in [1.807, 2.05) is 23.9 Å². The lowest BCUT2D eigenvalue weighted by molar-refractivity contribution is 0.354. The van der Waals surface area contributed by atoms with Gasteiger partial charge < -0.3 is 14.8 Å². The van der Waals surface area contributed by atoms with Crippen LogP contribution in [0.5, 0.6) is 11.5 Å². The second-order valence-corrected chi connectivity index (χ2v) is 6.41. The molecule has 0 saturated heterocycles. The second kappa shape index (κ2) is 8.72. The monoisotopic (exact) mass is 347 g/mol. The van der Waals surface area contributed by atoms with Gasteiger partial charge in [0.05, 0.1) is 14.2 Å². The van der Waals surface area contributed by atoms with Gasteiger partial charge in [0.15, 0.2) is 11.5 Å². The van der Waals surface area contributed by atoms with Crippen molar-refractivity contribution in [1.29, 1.82) is 0 Å². The van der Waals surface area contributed by atoms with E-state index in [2.05, 4.69) is 35.1 Å². The van der Waals surface area contributed by atoms with E-state index in [-0.39, 0.29) is 0 Å². The van der Waals surface area contributed by atoms with Gasteiger partial charge in [-0.15, -0.1) is 0 Å². The Morgan fingerprint density at radius 3 is 2.47 bits per heavy atom. The number of ether oxygens (including phenoxy) is 2. The molecule has 0 saturated carbocycles. The maximum absolute atomic E-state index is 5.33. The number of thioether (sulfide) groups is 1. The number of hydrogen-bond donors (Lipinski definition) is 1. The lowest BCUT2D eigenvalue weighted by atomic mass is 10.2. The third kappa shape index (κ3) is 5.24. The van der Waals surface area contributed by atoms with Crippen molar-refractivity contribution in [1.82, 2.24) is 5.32 Å². The Labute approximate surface area is 128 Å². The molecule has 1 rings (SSSR count). The largest absolute Gasteiger partial charge is 0.493 e. The molecule has 19 heavy (non-hydrogen) atoms. The molecule has 0 aliphatic heterocycles. The van der Waals surface area contributed by atoms with E-state index in [9.17, 15) is 0 Å². The zero-order valence-electron chi connectivity index (χ0n) is 12.0. The van der Waals surface area contributed by atoms with Gasteiger partial charge >= 0.3 is 0 Å². The van der Waals surface area contributed by atoms with Gasteiger partial charge in [0.25, 0.3) is 0 Å². The Morgan fingerprint density at radius 1 is 1.26 bits per heavy atom. The molecule has 0 spiro atoms. The zero-order chi connectivity index (χ0) is 14.3. The zero-order valence-corrected chi connectivity index (χ0v) is 14.4. The topological polar surface area (TPSA) is 30.5 Å². The predicted octanol–water partition coefficient (Wildman–Crippen LogP) is 3.70. The van der Waals surface area contributed by atoms with Crippen LogP contribution in [0.2, 0.25) is 0 Å². The molecule has 1 unspecified atom stereocenters. The first kappa shape index (κ1) is 16.7. The first-order valence-electron chi connectivity index (χ1n) is 6.33. The average molecular weight is 348 g/mol. The molecule has 0 aliphatic rings. The molecule has 0 fully saturated rings. The summed E-state index contributed by atoms with van der Waals surface area (Å²) in [4.78, 5) is 0. The average Bonchev–Trinajstić information content (AvgIpc) is 2.43. The Hall–Kier alpha value is -0.390.